The maximum Gasteiger partial charge on any atom is 0.241 e. The highest BCUT2D eigenvalue weighted by Gasteiger charge is 2.41. The lowest BCUT2D eigenvalue weighted by atomic mass is 9.70. The van der Waals surface area contributed by atoms with E-state index in [1.54, 1.807) is 19.1 Å². The fraction of sp³-hybridized carbons (Fsp3) is 0.364. The van der Waals surface area contributed by atoms with E-state index in [1.807, 2.05) is 37.3 Å². The van der Waals surface area contributed by atoms with E-state index in [-0.39, 0.29) is 23.5 Å². The van der Waals surface area contributed by atoms with Crippen LogP contribution in [0.15, 0.2) is 54.6 Å². The Morgan fingerprint density at radius 2 is 1.63 bits per heavy atom. The maximum atomic E-state index is 13.0. The molecule has 5 heteroatoms. The summed E-state index contributed by atoms with van der Waals surface area (Å²) in [6.07, 6.45) is 1.39. The Labute approximate surface area is 159 Å². The van der Waals surface area contributed by atoms with E-state index in [9.17, 15) is 14.0 Å². The molecule has 1 fully saturated rings. The Morgan fingerprint density at radius 1 is 1.04 bits per heavy atom. The predicted molar refractivity (Wildman–Crippen MR) is 104 cm³/mol. The maximum absolute atomic E-state index is 13.0. The number of carbonyl (C=O) groups excluding carboxylic acids is 2. The minimum atomic E-state index is -0.467. The summed E-state index contributed by atoms with van der Waals surface area (Å²) in [7, 11) is 0. The Hall–Kier alpha value is -2.53. The van der Waals surface area contributed by atoms with E-state index in [2.05, 4.69) is 10.2 Å². The largest absolute Gasteiger partial charge is 0.325 e. The monoisotopic (exact) mass is 368 g/mol. The molecule has 1 aliphatic rings. The van der Waals surface area contributed by atoms with Crippen LogP contribution in [-0.2, 0) is 15.0 Å². The van der Waals surface area contributed by atoms with Gasteiger partial charge in [0, 0.05) is 18.8 Å². The van der Waals surface area contributed by atoms with Gasteiger partial charge in [0.25, 0.3) is 0 Å². The van der Waals surface area contributed by atoms with Gasteiger partial charge in [0.05, 0.1) is 11.5 Å². The lowest BCUT2D eigenvalue weighted by Gasteiger charge is -2.42. The highest BCUT2D eigenvalue weighted by Crippen LogP contribution is 2.37. The molecule has 0 radical (unpaired) electrons. The number of hydrogen-bond acceptors (Lipinski definition) is 3. The molecule has 142 valence electrons. The van der Waals surface area contributed by atoms with Crippen LogP contribution in [0.25, 0.3) is 0 Å². The molecule has 3 rings (SSSR count). The van der Waals surface area contributed by atoms with Gasteiger partial charge >= 0.3 is 0 Å². The molecule has 1 unspecified atom stereocenters. The van der Waals surface area contributed by atoms with E-state index >= 15 is 0 Å². The van der Waals surface area contributed by atoms with Gasteiger partial charge in [0.2, 0.25) is 5.91 Å². The number of halogens is 1. The van der Waals surface area contributed by atoms with E-state index in [4.69, 9.17) is 0 Å². The summed E-state index contributed by atoms with van der Waals surface area (Å²) in [5.41, 5.74) is 1.17. The summed E-state index contributed by atoms with van der Waals surface area (Å²) in [5.74, 6) is -0.285. The predicted octanol–water partition coefficient (Wildman–Crippen LogP) is 3.78. The number of ketones is 1. The molecule has 0 aromatic heterocycles. The molecule has 1 amide bonds. The van der Waals surface area contributed by atoms with Crippen LogP contribution in [-0.4, -0.2) is 35.7 Å². The van der Waals surface area contributed by atoms with Crippen molar-refractivity contribution in [2.45, 2.75) is 38.1 Å². The molecule has 1 N–H and O–H groups in total. The fourth-order valence-electron chi connectivity index (χ4n) is 3.84. The van der Waals surface area contributed by atoms with Crippen LogP contribution >= 0.6 is 0 Å². The van der Waals surface area contributed by atoms with Crippen LogP contribution in [0.5, 0.6) is 0 Å². The first-order valence-electron chi connectivity index (χ1n) is 9.29. The van der Waals surface area contributed by atoms with Gasteiger partial charge in [0.1, 0.15) is 11.6 Å². The van der Waals surface area contributed by atoms with Crippen LogP contribution in [0.2, 0.25) is 0 Å². The number of anilines is 1. The average molecular weight is 368 g/mol. The standard InChI is InChI=1S/C22H25FN2O2/c1-16(21(27)24-20-10-8-19(23)9-11-20)25-14-12-22(13-15-25,17(2)26)18-6-4-3-5-7-18/h3-11,16H,12-15H2,1-2H3,(H,24,27). The Bertz CT molecular complexity index is 797. The number of Topliss-reactive ketones (excluding diaryl/α,β-unsaturated/α-hetero) is 1. The molecule has 1 aliphatic heterocycles. The van der Waals surface area contributed by atoms with E-state index in [0.29, 0.717) is 31.6 Å². The summed E-state index contributed by atoms with van der Waals surface area (Å²) in [4.78, 5) is 27.1. The van der Waals surface area contributed by atoms with Crippen molar-refractivity contribution in [1.29, 1.82) is 0 Å². The Balaban J connectivity index is 1.66. The molecule has 2 aromatic rings. The van der Waals surface area contributed by atoms with E-state index in [1.165, 1.54) is 12.1 Å². The molecular weight excluding hydrogens is 343 g/mol. The second-order valence-corrected chi connectivity index (χ2v) is 7.21. The lowest BCUT2D eigenvalue weighted by molar-refractivity contribution is -0.125. The number of nitrogens with one attached hydrogen (secondary N) is 1. The molecule has 27 heavy (non-hydrogen) atoms. The molecule has 0 spiro atoms. The zero-order valence-corrected chi connectivity index (χ0v) is 15.7. The highest BCUT2D eigenvalue weighted by atomic mass is 19.1. The SMILES string of the molecule is CC(=O)C1(c2ccccc2)CCN(C(C)C(=O)Nc2ccc(F)cc2)CC1. The molecule has 2 aromatic carbocycles. The van der Waals surface area contributed by atoms with Gasteiger partial charge in [-0.1, -0.05) is 30.3 Å². The molecule has 4 nitrogen and oxygen atoms in total. The van der Waals surface area contributed by atoms with Crippen LogP contribution in [0, 0.1) is 5.82 Å². The minimum absolute atomic E-state index is 0.128. The fourth-order valence-corrected chi connectivity index (χ4v) is 3.84. The van der Waals surface area contributed by atoms with Gasteiger partial charge in [-0.25, -0.2) is 4.39 Å². The quantitative estimate of drug-likeness (QED) is 0.874. The van der Waals surface area contributed by atoms with Crippen LogP contribution in [0.4, 0.5) is 10.1 Å². The lowest BCUT2D eigenvalue weighted by Crippen LogP contribution is -2.51. The van der Waals surface area contributed by atoms with E-state index in [0.717, 1.165) is 5.56 Å². The third-order valence-corrected chi connectivity index (χ3v) is 5.69. The summed E-state index contributed by atoms with van der Waals surface area (Å²) < 4.78 is 13.0. The number of rotatable bonds is 5. The van der Waals surface area contributed by atoms with Crippen molar-refractivity contribution in [1.82, 2.24) is 4.90 Å². The highest BCUT2D eigenvalue weighted by molar-refractivity contribution is 5.94. The summed E-state index contributed by atoms with van der Waals surface area (Å²) in [6, 6.07) is 15.3. The third kappa shape index (κ3) is 4.08. The number of carbonyl (C=O) groups is 2. The van der Waals surface area contributed by atoms with Crippen LogP contribution < -0.4 is 5.32 Å². The van der Waals surface area contributed by atoms with Gasteiger partial charge < -0.3 is 5.32 Å². The number of hydrogen-bond donors (Lipinski definition) is 1. The van der Waals surface area contributed by atoms with Gasteiger partial charge in [-0.05, 0) is 56.5 Å². The molecule has 1 saturated heterocycles. The number of benzene rings is 2. The summed E-state index contributed by atoms with van der Waals surface area (Å²) >= 11 is 0. The molecule has 0 saturated carbocycles. The van der Waals surface area contributed by atoms with Crippen molar-refractivity contribution in [2.24, 2.45) is 0 Å². The summed E-state index contributed by atoms with van der Waals surface area (Å²) in [5, 5.41) is 2.83. The van der Waals surface area contributed by atoms with Crippen molar-refractivity contribution in [3.63, 3.8) is 0 Å². The molecular formula is C22H25FN2O2. The Kier molecular flexibility index (Phi) is 5.71. The first-order chi connectivity index (χ1) is 12.9. The molecule has 0 bridgehead atoms. The zero-order valence-electron chi connectivity index (χ0n) is 15.7. The van der Waals surface area contributed by atoms with E-state index < -0.39 is 5.41 Å². The Morgan fingerprint density at radius 3 is 2.19 bits per heavy atom. The minimum Gasteiger partial charge on any atom is -0.325 e. The molecule has 0 aliphatic carbocycles. The first-order valence-corrected chi connectivity index (χ1v) is 9.29. The summed E-state index contributed by atoms with van der Waals surface area (Å²) in [6.45, 7) is 4.87. The number of likely N-dealkylation sites (tertiary alicyclic amines) is 1. The first kappa shape index (κ1) is 19.2. The van der Waals surface area contributed by atoms with Crippen molar-refractivity contribution < 1.29 is 14.0 Å². The van der Waals surface area contributed by atoms with Crippen LogP contribution in [0.1, 0.15) is 32.3 Å². The number of nitrogens with zero attached hydrogens (tertiary/aromatic N) is 1. The average Bonchev–Trinajstić information content (AvgIpc) is 2.69. The second-order valence-electron chi connectivity index (χ2n) is 7.21. The number of amides is 1. The van der Waals surface area contributed by atoms with Gasteiger partial charge in [-0.2, -0.15) is 0 Å². The number of piperidine rings is 1. The zero-order chi connectivity index (χ0) is 19.4. The van der Waals surface area contributed by atoms with Crippen molar-refractivity contribution >= 4 is 17.4 Å². The topological polar surface area (TPSA) is 49.4 Å². The molecule has 1 atom stereocenters. The molecule has 1 heterocycles. The van der Waals surface area contributed by atoms with Gasteiger partial charge in [-0.15, -0.1) is 0 Å². The smallest absolute Gasteiger partial charge is 0.241 e. The normalized spacial score (nSPS) is 17.9. The third-order valence-electron chi connectivity index (χ3n) is 5.69. The van der Waals surface area contributed by atoms with Crippen molar-refractivity contribution in [3.05, 3.63) is 66.0 Å². The second kappa shape index (κ2) is 8.01. The van der Waals surface area contributed by atoms with Gasteiger partial charge in [-0.3, -0.25) is 14.5 Å². The van der Waals surface area contributed by atoms with Crippen molar-refractivity contribution in [2.75, 3.05) is 18.4 Å². The van der Waals surface area contributed by atoms with Crippen LogP contribution in [0.3, 0.4) is 0 Å². The van der Waals surface area contributed by atoms with Crippen molar-refractivity contribution in [3.8, 4) is 0 Å². The van der Waals surface area contributed by atoms with Gasteiger partial charge in [0.15, 0.2) is 0 Å².